The number of nitro groups is 2. The number of nitro benzene ring substituents is 2. The molecule has 21 heteroatoms. The summed E-state index contributed by atoms with van der Waals surface area (Å²) >= 11 is 0. The van der Waals surface area contributed by atoms with Crippen molar-refractivity contribution in [3.05, 3.63) is 79.9 Å². The number of ether oxygens (including phenoxy) is 2. The Kier molecular flexibility index (Phi) is 13.0. The van der Waals surface area contributed by atoms with Gasteiger partial charge in [-0.2, -0.15) is 13.2 Å². The van der Waals surface area contributed by atoms with Gasteiger partial charge in [0.25, 0.3) is 11.4 Å². The quantitative estimate of drug-likeness (QED) is 0.143. The van der Waals surface area contributed by atoms with Gasteiger partial charge in [-0.15, -0.1) is 10.1 Å². The molecule has 1 saturated carbocycles. The van der Waals surface area contributed by atoms with Gasteiger partial charge in [0.05, 0.1) is 16.4 Å². The van der Waals surface area contributed by atoms with Gasteiger partial charge in [0.1, 0.15) is 13.2 Å². The number of carbonyl (C=O) groups excluding carboxylic acids is 4. The number of nitrogens with two attached hydrogens (primary N) is 1. The lowest BCUT2D eigenvalue weighted by Crippen LogP contribution is -2.46. The number of hydroxylamine groups is 2. The number of rotatable bonds is 11. The zero-order valence-electron chi connectivity index (χ0n) is 27.4. The summed E-state index contributed by atoms with van der Waals surface area (Å²) in [6.45, 7) is -0.757. The van der Waals surface area contributed by atoms with Crippen LogP contribution in [0.5, 0.6) is 0 Å². The van der Waals surface area contributed by atoms with Crippen LogP contribution in [0.4, 0.5) is 34.1 Å². The van der Waals surface area contributed by atoms with Gasteiger partial charge >= 0.3 is 24.3 Å². The molecule has 0 aromatic heterocycles. The summed E-state index contributed by atoms with van der Waals surface area (Å²) in [5.74, 6) is -3.88. The van der Waals surface area contributed by atoms with Gasteiger partial charge in [0.2, 0.25) is 11.9 Å². The molecule has 0 unspecified atom stereocenters. The van der Waals surface area contributed by atoms with E-state index in [9.17, 15) is 52.6 Å². The second kappa shape index (κ2) is 17.4. The predicted octanol–water partition coefficient (Wildman–Crippen LogP) is 4.11. The van der Waals surface area contributed by atoms with E-state index in [2.05, 4.69) is 15.1 Å². The molecule has 2 aromatic carbocycles. The Bertz CT molecular complexity index is 1670. The van der Waals surface area contributed by atoms with E-state index < -0.39 is 52.1 Å². The smallest absolute Gasteiger partial charge is 0.444 e. The van der Waals surface area contributed by atoms with E-state index in [1.54, 1.807) is 0 Å². The van der Waals surface area contributed by atoms with Crippen LogP contribution in [0.2, 0.25) is 0 Å². The summed E-state index contributed by atoms with van der Waals surface area (Å²) in [6.07, 6.45) is -5.38. The second-order valence-electron chi connectivity index (χ2n) is 12.0. The molecular weight excluding hydrogens is 703 g/mol. The molecule has 2 aliphatic rings. The van der Waals surface area contributed by atoms with Crippen LogP contribution in [0, 0.1) is 32.1 Å². The molecule has 0 spiro atoms. The average Bonchev–Trinajstić information content (AvgIpc) is 3.54. The van der Waals surface area contributed by atoms with Crippen LogP contribution in [0.25, 0.3) is 0 Å². The largest absolute Gasteiger partial charge is 0.492 e. The molecule has 2 aromatic rings. The number of benzene rings is 2. The lowest BCUT2D eigenvalue weighted by atomic mass is 9.81. The normalized spacial score (nSPS) is 19.3. The van der Waals surface area contributed by atoms with Crippen LogP contribution in [0.15, 0.2) is 53.5 Å². The van der Waals surface area contributed by atoms with Crippen molar-refractivity contribution in [1.82, 2.24) is 15.3 Å². The topological polar surface area (TPSA) is 239 Å². The second-order valence-corrected chi connectivity index (χ2v) is 12.0. The number of alkyl halides is 3. The Morgan fingerprint density at radius 2 is 1.42 bits per heavy atom. The van der Waals surface area contributed by atoms with Crippen molar-refractivity contribution in [2.24, 2.45) is 22.6 Å². The first-order chi connectivity index (χ1) is 24.6. The average molecular weight is 738 g/mol. The van der Waals surface area contributed by atoms with Crippen molar-refractivity contribution in [2.45, 2.75) is 57.5 Å². The maximum atomic E-state index is 13.2. The fraction of sp³-hybridized carbons (Fsp3) is 0.452. The summed E-state index contributed by atoms with van der Waals surface area (Å²) in [5.41, 5.74) is 6.59. The van der Waals surface area contributed by atoms with Gasteiger partial charge in [-0.25, -0.2) is 19.3 Å². The standard InChI is InChI=1S/C31H34F3N7O11/c32-31(33,34)27(43)52-38-14-13-23(16-38)36-26(42)22-7-1-19(2-8-22)15-39(30(45)51-18-21-5-11-25(12-6-21)41(48)49)28(35)37-29(44)50-17-20-3-9-24(10-4-20)40(46)47/h3-6,9-12,19,22-23H,1-2,7-8,13-18H2,(H,36,42)(H2,35,37,44)/t19?,22?,23-/m0/s1. The van der Waals surface area contributed by atoms with E-state index in [4.69, 9.17) is 15.2 Å². The maximum absolute atomic E-state index is 13.2. The zero-order valence-corrected chi connectivity index (χ0v) is 27.4. The fourth-order valence-electron chi connectivity index (χ4n) is 5.53. The van der Waals surface area contributed by atoms with Crippen LogP contribution < -0.4 is 11.1 Å². The number of nitrogens with one attached hydrogen (secondary N) is 1. The van der Waals surface area contributed by atoms with Crippen LogP contribution in [-0.2, 0) is 37.1 Å². The Labute approximate surface area is 292 Å². The third-order valence-electron chi connectivity index (χ3n) is 8.32. The molecule has 1 aliphatic heterocycles. The number of amides is 3. The van der Waals surface area contributed by atoms with Gasteiger partial charge in [0.15, 0.2) is 0 Å². The first-order valence-corrected chi connectivity index (χ1v) is 15.8. The Hall–Kier alpha value is -5.86. The van der Waals surface area contributed by atoms with Gasteiger partial charge in [-0.1, -0.05) is 0 Å². The number of carbonyl (C=O) groups is 4. The van der Waals surface area contributed by atoms with Crippen molar-refractivity contribution in [2.75, 3.05) is 19.6 Å². The monoisotopic (exact) mass is 737 g/mol. The molecule has 1 aliphatic carbocycles. The summed E-state index contributed by atoms with van der Waals surface area (Å²) in [5, 5.41) is 25.4. The Balaban J connectivity index is 1.34. The third-order valence-corrected chi connectivity index (χ3v) is 8.32. The lowest BCUT2D eigenvalue weighted by molar-refractivity contribution is -0.385. The first-order valence-electron chi connectivity index (χ1n) is 15.8. The molecule has 1 atom stereocenters. The van der Waals surface area contributed by atoms with Crippen molar-refractivity contribution in [3.8, 4) is 0 Å². The highest BCUT2D eigenvalue weighted by Crippen LogP contribution is 2.30. The molecule has 4 rings (SSSR count). The minimum Gasteiger partial charge on any atom is -0.444 e. The van der Waals surface area contributed by atoms with E-state index in [1.807, 2.05) is 0 Å². The molecule has 3 amide bonds. The number of guanidine groups is 1. The molecule has 3 N–H and O–H groups in total. The maximum Gasteiger partial charge on any atom is 0.492 e. The highest BCUT2D eigenvalue weighted by molar-refractivity contribution is 5.98. The third kappa shape index (κ3) is 11.3. The Morgan fingerprint density at radius 3 is 1.94 bits per heavy atom. The van der Waals surface area contributed by atoms with Crippen LogP contribution >= 0.6 is 0 Å². The van der Waals surface area contributed by atoms with E-state index >= 15 is 0 Å². The van der Waals surface area contributed by atoms with Crippen molar-refractivity contribution in [3.63, 3.8) is 0 Å². The minimum atomic E-state index is -5.14. The summed E-state index contributed by atoms with van der Waals surface area (Å²) in [7, 11) is 0. The van der Waals surface area contributed by atoms with Gasteiger partial charge < -0.3 is 25.4 Å². The predicted molar refractivity (Wildman–Crippen MR) is 171 cm³/mol. The van der Waals surface area contributed by atoms with Crippen molar-refractivity contribution >= 4 is 41.4 Å². The lowest BCUT2D eigenvalue weighted by Gasteiger charge is -2.31. The summed E-state index contributed by atoms with van der Waals surface area (Å²) in [4.78, 5) is 79.3. The number of hydrogen-bond donors (Lipinski definition) is 2. The summed E-state index contributed by atoms with van der Waals surface area (Å²) in [6, 6.07) is 9.96. The molecule has 1 heterocycles. The van der Waals surface area contributed by atoms with E-state index in [0.29, 0.717) is 36.8 Å². The number of non-ortho nitro benzene ring substituents is 2. The van der Waals surface area contributed by atoms with Crippen LogP contribution in [-0.4, -0.2) is 81.7 Å². The first kappa shape index (κ1) is 38.9. The molecule has 52 heavy (non-hydrogen) atoms. The molecule has 0 radical (unpaired) electrons. The van der Waals surface area contributed by atoms with Gasteiger partial charge in [0, 0.05) is 49.3 Å². The van der Waals surface area contributed by atoms with Gasteiger partial charge in [-0.05, 0) is 73.4 Å². The highest BCUT2D eigenvalue weighted by Gasteiger charge is 2.43. The molecule has 1 saturated heterocycles. The molecule has 280 valence electrons. The van der Waals surface area contributed by atoms with Crippen LogP contribution in [0.1, 0.15) is 43.2 Å². The van der Waals surface area contributed by atoms with E-state index in [0.717, 1.165) is 9.96 Å². The molecular formula is C31H34F3N7O11. The fourth-order valence-corrected chi connectivity index (χ4v) is 5.53. The number of aliphatic imine (C=N–C) groups is 1. The number of halogens is 3. The van der Waals surface area contributed by atoms with Crippen molar-refractivity contribution in [1.29, 1.82) is 0 Å². The van der Waals surface area contributed by atoms with E-state index in [1.165, 1.54) is 48.5 Å². The van der Waals surface area contributed by atoms with Crippen molar-refractivity contribution < 1.29 is 56.5 Å². The zero-order chi connectivity index (χ0) is 38.0. The van der Waals surface area contributed by atoms with Gasteiger partial charge in [-0.3, -0.25) is 25.0 Å². The van der Waals surface area contributed by atoms with Crippen LogP contribution in [0.3, 0.4) is 0 Å². The molecule has 0 bridgehead atoms. The highest BCUT2D eigenvalue weighted by atomic mass is 19.4. The summed E-state index contributed by atoms with van der Waals surface area (Å²) < 4.78 is 48.0. The number of hydrogen-bond acceptors (Lipinski definition) is 12. The Morgan fingerprint density at radius 1 is 0.885 bits per heavy atom. The minimum absolute atomic E-state index is 0.0171. The molecule has 18 nitrogen and oxygen atoms in total. The SMILES string of the molecule is NC(=NC(=O)OCc1ccc([N+](=O)[O-])cc1)N(CC1CCC(C(=O)N[C@H]2CCN(OC(=O)C(F)(F)F)C2)CC1)C(=O)OCc1ccc([N+](=O)[O-])cc1. The number of nitrogens with zero attached hydrogens (tertiary/aromatic N) is 5. The molecule has 2 fully saturated rings. The van der Waals surface area contributed by atoms with E-state index in [-0.39, 0.29) is 62.5 Å².